The molecule has 1 saturated carbocycles. The quantitative estimate of drug-likeness (QED) is 0.899. The van der Waals surface area contributed by atoms with Crippen LogP contribution in [-0.4, -0.2) is 41.5 Å². The van der Waals surface area contributed by atoms with E-state index >= 15 is 0 Å². The molecule has 1 aromatic heterocycles. The largest absolute Gasteiger partial charge is 0.378 e. The van der Waals surface area contributed by atoms with Crippen molar-refractivity contribution < 1.29 is 9.47 Å². The number of nitrogens with one attached hydrogen (secondary N) is 1. The maximum atomic E-state index is 5.72. The number of hydrogen-bond acceptors (Lipinski definition) is 4. The van der Waals surface area contributed by atoms with Crippen molar-refractivity contribution in [3.05, 3.63) is 12.4 Å². The van der Waals surface area contributed by atoms with Crippen LogP contribution < -0.4 is 5.32 Å². The van der Waals surface area contributed by atoms with Crippen LogP contribution in [0.15, 0.2) is 12.4 Å². The molecule has 5 heteroatoms. The summed E-state index contributed by atoms with van der Waals surface area (Å²) in [7, 11) is 1.78. The molecule has 3 rings (SSSR count). The lowest BCUT2D eigenvalue weighted by atomic mass is 9.96. The van der Waals surface area contributed by atoms with Crippen molar-refractivity contribution in [3.8, 4) is 0 Å². The van der Waals surface area contributed by atoms with Gasteiger partial charge in [0.15, 0.2) is 0 Å². The lowest BCUT2D eigenvalue weighted by molar-refractivity contribution is -0.0291. The highest BCUT2D eigenvalue weighted by Crippen LogP contribution is 2.27. The summed E-state index contributed by atoms with van der Waals surface area (Å²) < 4.78 is 13.4. The van der Waals surface area contributed by atoms with Crippen LogP contribution >= 0.6 is 0 Å². The summed E-state index contributed by atoms with van der Waals surface area (Å²) in [5.41, 5.74) is -0.191. The molecule has 1 aromatic rings. The van der Waals surface area contributed by atoms with E-state index in [1.54, 1.807) is 7.11 Å². The molecule has 1 saturated heterocycles. The summed E-state index contributed by atoms with van der Waals surface area (Å²) in [6.07, 6.45) is 11.4. The number of aromatic nitrogens is 2. The molecular formula is C15H25N3O2. The zero-order valence-corrected chi connectivity index (χ0v) is 12.3. The van der Waals surface area contributed by atoms with Crippen molar-refractivity contribution in [1.82, 2.24) is 9.55 Å². The lowest BCUT2D eigenvalue weighted by Gasteiger charge is -2.28. The summed E-state index contributed by atoms with van der Waals surface area (Å²) >= 11 is 0. The van der Waals surface area contributed by atoms with Crippen LogP contribution in [0.5, 0.6) is 0 Å². The third-order valence-electron chi connectivity index (χ3n) is 4.61. The number of imidazole rings is 1. The molecule has 0 spiro atoms. The fraction of sp³-hybridized carbons (Fsp3) is 0.800. The molecule has 1 aliphatic heterocycles. The number of methoxy groups -OCH3 is 1. The van der Waals surface area contributed by atoms with Gasteiger partial charge in [0.25, 0.3) is 0 Å². The first-order chi connectivity index (χ1) is 9.81. The predicted octanol–water partition coefficient (Wildman–Crippen LogP) is 2.43. The van der Waals surface area contributed by atoms with Crippen LogP contribution in [0.25, 0.3) is 0 Å². The highest BCUT2D eigenvalue weighted by atomic mass is 16.5. The second kappa shape index (κ2) is 6.14. The predicted molar refractivity (Wildman–Crippen MR) is 77.9 cm³/mol. The van der Waals surface area contributed by atoms with E-state index in [9.17, 15) is 0 Å². The van der Waals surface area contributed by atoms with Gasteiger partial charge < -0.3 is 19.4 Å². The van der Waals surface area contributed by atoms with Crippen LogP contribution in [0, 0.1) is 0 Å². The summed E-state index contributed by atoms with van der Waals surface area (Å²) in [4.78, 5) is 4.47. The number of rotatable bonds is 5. The SMILES string of the molecule is COC1(Cn2ccnc2NC2CCCCC2)CCOC1. The van der Waals surface area contributed by atoms with Crippen molar-refractivity contribution >= 4 is 5.95 Å². The lowest BCUT2D eigenvalue weighted by Crippen LogP contribution is -2.37. The zero-order chi connectivity index (χ0) is 13.8. The first-order valence-electron chi connectivity index (χ1n) is 7.72. The van der Waals surface area contributed by atoms with E-state index in [4.69, 9.17) is 9.47 Å². The van der Waals surface area contributed by atoms with Gasteiger partial charge in [-0.05, 0) is 12.8 Å². The minimum Gasteiger partial charge on any atom is -0.378 e. The molecule has 1 aliphatic carbocycles. The van der Waals surface area contributed by atoms with Gasteiger partial charge in [-0.15, -0.1) is 0 Å². The molecule has 2 fully saturated rings. The van der Waals surface area contributed by atoms with Crippen LogP contribution in [0.1, 0.15) is 38.5 Å². The molecule has 0 aromatic carbocycles. The second-order valence-electron chi connectivity index (χ2n) is 6.05. The van der Waals surface area contributed by atoms with Crippen molar-refractivity contribution in [2.75, 3.05) is 25.6 Å². The Morgan fingerprint density at radius 3 is 3.00 bits per heavy atom. The molecule has 2 aliphatic rings. The average Bonchev–Trinajstić information content (AvgIpc) is 3.11. The average molecular weight is 279 g/mol. The van der Waals surface area contributed by atoms with Crippen LogP contribution in [0.2, 0.25) is 0 Å². The zero-order valence-electron chi connectivity index (χ0n) is 12.3. The third kappa shape index (κ3) is 2.99. The van der Waals surface area contributed by atoms with Crippen molar-refractivity contribution in [3.63, 3.8) is 0 Å². The van der Waals surface area contributed by atoms with Gasteiger partial charge in [0.2, 0.25) is 5.95 Å². The molecule has 2 heterocycles. The molecule has 1 atom stereocenters. The van der Waals surface area contributed by atoms with E-state index in [0.717, 1.165) is 25.5 Å². The molecule has 1 N–H and O–H groups in total. The number of ether oxygens (including phenoxy) is 2. The number of hydrogen-bond donors (Lipinski definition) is 1. The summed E-state index contributed by atoms with van der Waals surface area (Å²) in [6.45, 7) is 2.26. The van der Waals surface area contributed by atoms with Crippen LogP contribution in [-0.2, 0) is 16.0 Å². The Morgan fingerprint density at radius 1 is 1.45 bits per heavy atom. The monoisotopic (exact) mass is 279 g/mol. The van der Waals surface area contributed by atoms with E-state index in [0.29, 0.717) is 12.6 Å². The van der Waals surface area contributed by atoms with Crippen molar-refractivity contribution in [2.45, 2.75) is 56.7 Å². The minimum absolute atomic E-state index is 0.191. The standard InChI is InChI=1S/C15H25N3O2/c1-19-15(7-10-20-12-15)11-18-9-8-16-14(18)17-13-5-3-2-4-6-13/h8-9,13H,2-7,10-12H2,1H3,(H,16,17). The number of nitrogens with zero attached hydrogens (tertiary/aromatic N) is 2. The van der Waals surface area contributed by atoms with E-state index < -0.39 is 0 Å². The topological polar surface area (TPSA) is 48.3 Å². The normalized spacial score (nSPS) is 27.9. The smallest absolute Gasteiger partial charge is 0.203 e. The van der Waals surface area contributed by atoms with E-state index in [2.05, 4.69) is 14.9 Å². The highest BCUT2D eigenvalue weighted by molar-refractivity contribution is 5.28. The molecule has 0 amide bonds. The van der Waals surface area contributed by atoms with Gasteiger partial charge in [-0.2, -0.15) is 0 Å². The summed E-state index contributed by atoms with van der Waals surface area (Å²) in [6, 6.07) is 0.572. The Bertz CT molecular complexity index is 421. The molecule has 112 valence electrons. The van der Waals surface area contributed by atoms with Gasteiger partial charge in [-0.3, -0.25) is 0 Å². The first-order valence-corrected chi connectivity index (χ1v) is 7.72. The van der Waals surface area contributed by atoms with Crippen LogP contribution in [0.3, 0.4) is 0 Å². The summed E-state index contributed by atoms with van der Waals surface area (Å²) in [5.74, 6) is 0.972. The fourth-order valence-corrected chi connectivity index (χ4v) is 3.26. The Kier molecular flexibility index (Phi) is 4.27. The highest BCUT2D eigenvalue weighted by Gasteiger charge is 2.36. The molecule has 1 unspecified atom stereocenters. The van der Waals surface area contributed by atoms with E-state index in [1.165, 1.54) is 32.1 Å². The van der Waals surface area contributed by atoms with Crippen molar-refractivity contribution in [2.24, 2.45) is 0 Å². The Balaban J connectivity index is 1.66. The number of anilines is 1. The first kappa shape index (κ1) is 13.9. The molecule has 20 heavy (non-hydrogen) atoms. The van der Waals surface area contributed by atoms with Gasteiger partial charge in [-0.25, -0.2) is 4.98 Å². The van der Waals surface area contributed by atoms with Gasteiger partial charge in [-0.1, -0.05) is 19.3 Å². The minimum atomic E-state index is -0.191. The molecule has 0 radical (unpaired) electrons. The van der Waals surface area contributed by atoms with Crippen LogP contribution in [0.4, 0.5) is 5.95 Å². The third-order valence-corrected chi connectivity index (χ3v) is 4.61. The maximum Gasteiger partial charge on any atom is 0.203 e. The van der Waals surface area contributed by atoms with Gasteiger partial charge >= 0.3 is 0 Å². The fourth-order valence-electron chi connectivity index (χ4n) is 3.26. The van der Waals surface area contributed by atoms with Gasteiger partial charge in [0.1, 0.15) is 5.60 Å². The maximum absolute atomic E-state index is 5.72. The van der Waals surface area contributed by atoms with Gasteiger partial charge in [0.05, 0.1) is 13.2 Å². The Morgan fingerprint density at radius 2 is 2.30 bits per heavy atom. The molecule has 5 nitrogen and oxygen atoms in total. The van der Waals surface area contributed by atoms with Gasteiger partial charge in [0, 0.05) is 38.6 Å². The van der Waals surface area contributed by atoms with E-state index in [-0.39, 0.29) is 5.60 Å². The van der Waals surface area contributed by atoms with Crippen molar-refractivity contribution in [1.29, 1.82) is 0 Å². The second-order valence-corrected chi connectivity index (χ2v) is 6.05. The molecular weight excluding hydrogens is 254 g/mol. The summed E-state index contributed by atoms with van der Waals surface area (Å²) in [5, 5.41) is 3.60. The Labute approximate surface area is 120 Å². The van der Waals surface area contributed by atoms with E-state index in [1.807, 2.05) is 12.4 Å². The molecule has 0 bridgehead atoms. The Hall–Kier alpha value is -1.07.